The standard InChI is InChI=1S/C25H24O7/c1-4-5-6-29-24-20(27-2)9-15(10-21(24)28-3)22-17-11-19-18(31-13-32-19)8-14(17)7-16-12-30-25(26)23(16)22/h4,8-11,22H,1,5-7,12-13H2,2-3H3. The lowest BCUT2D eigenvalue weighted by Gasteiger charge is -2.27. The van der Waals surface area contributed by atoms with Gasteiger partial charge in [0, 0.05) is 5.92 Å². The fourth-order valence-electron chi connectivity index (χ4n) is 4.53. The number of fused-ring (bicyclic) bond motifs is 2. The Morgan fingerprint density at radius 3 is 2.47 bits per heavy atom. The summed E-state index contributed by atoms with van der Waals surface area (Å²) < 4.78 is 33.8. The molecule has 0 amide bonds. The molecule has 0 saturated heterocycles. The number of benzene rings is 2. The maximum absolute atomic E-state index is 12.8. The molecule has 1 unspecified atom stereocenters. The van der Waals surface area contributed by atoms with Crippen molar-refractivity contribution in [3.63, 3.8) is 0 Å². The summed E-state index contributed by atoms with van der Waals surface area (Å²) in [6.07, 6.45) is 3.12. The zero-order valence-electron chi connectivity index (χ0n) is 18.1. The smallest absolute Gasteiger partial charge is 0.335 e. The number of carbonyl (C=O) groups is 1. The third kappa shape index (κ3) is 3.25. The summed E-state index contributed by atoms with van der Waals surface area (Å²) in [5.74, 6) is 2.34. The fraction of sp³-hybridized carbons (Fsp3) is 0.320. The maximum Gasteiger partial charge on any atom is 0.335 e. The van der Waals surface area contributed by atoms with E-state index < -0.39 is 0 Å². The third-order valence-corrected chi connectivity index (χ3v) is 6.00. The van der Waals surface area contributed by atoms with Crippen LogP contribution in [-0.2, 0) is 16.0 Å². The highest BCUT2D eigenvalue weighted by Crippen LogP contribution is 2.50. The number of rotatable bonds is 7. The molecule has 3 aliphatic rings. The first-order valence-electron chi connectivity index (χ1n) is 10.5. The Balaban J connectivity index is 1.66. The molecule has 7 nitrogen and oxygen atoms in total. The van der Waals surface area contributed by atoms with Crippen LogP contribution >= 0.6 is 0 Å². The quantitative estimate of drug-likeness (QED) is 0.370. The summed E-state index contributed by atoms with van der Waals surface area (Å²) in [7, 11) is 3.17. The van der Waals surface area contributed by atoms with Crippen molar-refractivity contribution in [3.8, 4) is 28.7 Å². The van der Waals surface area contributed by atoms with E-state index in [4.69, 9.17) is 28.4 Å². The Labute approximate surface area is 186 Å². The summed E-state index contributed by atoms with van der Waals surface area (Å²) >= 11 is 0. The normalized spacial score (nSPS) is 18.1. The van der Waals surface area contributed by atoms with Gasteiger partial charge in [0.05, 0.1) is 26.4 Å². The first kappa shape index (κ1) is 20.3. The monoisotopic (exact) mass is 436 g/mol. The molecule has 32 heavy (non-hydrogen) atoms. The highest BCUT2D eigenvalue weighted by Gasteiger charge is 2.40. The van der Waals surface area contributed by atoms with Crippen molar-refractivity contribution < 1.29 is 33.2 Å². The molecule has 5 rings (SSSR count). The minimum atomic E-state index is -0.344. The van der Waals surface area contributed by atoms with Crippen molar-refractivity contribution in [1.82, 2.24) is 0 Å². The van der Waals surface area contributed by atoms with Crippen molar-refractivity contribution in [2.45, 2.75) is 18.8 Å². The average molecular weight is 436 g/mol. The van der Waals surface area contributed by atoms with Gasteiger partial charge in [-0.2, -0.15) is 0 Å². The van der Waals surface area contributed by atoms with E-state index in [0.717, 1.165) is 28.0 Å². The van der Waals surface area contributed by atoms with Crippen molar-refractivity contribution in [2.75, 3.05) is 34.2 Å². The molecule has 2 heterocycles. The number of esters is 1. The van der Waals surface area contributed by atoms with Gasteiger partial charge < -0.3 is 28.4 Å². The van der Waals surface area contributed by atoms with Crippen LogP contribution in [0.25, 0.3) is 0 Å². The molecule has 1 atom stereocenters. The number of carbonyl (C=O) groups excluding carboxylic acids is 1. The SMILES string of the molecule is C=CCCOc1c(OC)cc(C2C3=C(COC3=O)Cc3cc4c(cc32)OCO4)cc1OC. The Hall–Kier alpha value is -3.61. The van der Waals surface area contributed by atoms with Gasteiger partial charge in [0.2, 0.25) is 12.5 Å². The van der Waals surface area contributed by atoms with Crippen molar-refractivity contribution >= 4 is 5.97 Å². The van der Waals surface area contributed by atoms with E-state index >= 15 is 0 Å². The number of cyclic esters (lactones) is 1. The van der Waals surface area contributed by atoms with Crippen LogP contribution in [0.1, 0.15) is 29.0 Å². The zero-order chi connectivity index (χ0) is 22.2. The molecule has 0 radical (unpaired) electrons. The Bertz CT molecular complexity index is 1110. The number of ether oxygens (including phenoxy) is 6. The molecular weight excluding hydrogens is 412 g/mol. The Kier molecular flexibility index (Phi) is 5.17. The van der Waals surface area contributed by atoms with Gasteiger partial charge in [-0.05, 0) is 59.4 Å². The van der Waals surface area contributed by atoms with E-state index in [-0.39, 0.29) is 18.7 Å². The molecule has 1 aliphatic carbocycles. The molecular formula is C25H24O7. The molecule has 2 aliphatic heterocycles. The van der Waals surface area contributed by atoms with Gasteiger partial charge in [-0.1, -0.05) is 6.08 Å². The van der Waals surface area contributed by atoms with Gasteiger partial charge in [-0.3, -0.25) is 0 Å². The zero-order valence-corrected chi connectivity index (χ0v) is 18.1. The number of hydrogen-bond acceptors (Lipinski definition) is 7. The highest BCUT2D eigenvalue weighted by atomic mass is 16.7. The topological polar surface area (TPSA) is 72.5 Å². The molecule has 2 aromatic carbocycles. The molecule has 0 N–H and O–H groups in total. The van der Waals surface area contributed by atoms with E-state index in [1.807, 2.05) is 24.3 Å². The Morgan fingerprint density at radius 1 is 1.06 bits per heavy atom. The van der Waals surface area contributed by atoms with Gasteiger partial charge in [-0.15, -0.1) is 6.58 Å². The first-order chi connectivity index (χ1) is 15.6. The van der Waals surface area contributed by atoms with Crippen molar-refractivity contribution in [1.29, 1.82) is 0 Å². The third-order valence-electron chi connectivity index (χ3n) is 6.00. The lowest BCUT2D eigenvalue weighted by Crippen LogP contribution is -2.18. The van der Waals surface area contributed by atoms with Crippen LogP contribution in [0.15, 0.2) is 48.1 Å². The van der Waals surface area contributed by atoms with Gasteiger partial charge in [-0.25, -0.2) is 4.79 Å². The molecule has 166 valence electrons. The second-order valence-corrected chi connectivity index (χ2v) is 7.79. The van der Waals surface area contributed by atoms with Crippen molar-refractivity contribution in [3.05, 3.63) is 64.8 Å². The summed E-state index contributed by atoms with van der Waals surface area (Å²) in [6.45, 7) is 4.67. The minimum Gasteiger partial charge on any atom is -0.493 e. The predicted octanol–water partition coefficient (Wildman–Crippen LogP) is 3.93. The second kappa shape index (κ2) is 8.15. The second-order valence-electron chi connectivity index (χ2n) is 7.79. The van der Waals surface area contributed by atoms with Gasteiger partial charge in [0.15, 0.2) is 23.0 Å². The average Bonchev–Trinajstić information content (AvgIpc) is 3.42. The molecule has 2 aromatic rings. The van der Waals surface area contributed by atoms with E-state index in [1.165, 1.54) is 0 Å². The number of methoxy groups -OCH3 is 2. The van der Waals surface area contributed by atoms with E-state index in [9.17, 15) is 4.79 Å². The summed E-state index contributed by atoms with van der Waals surface area (Å²) in [4.78, 5) is 12.8. The van der Waals surface area contributed by atoms with Crippen LogP contribution in [0.2, 0.25) is 0 Å². The summed E-state index contributed by atoms with van der Waals surface area (Å²) in [5.41, 5.74) is 4.56. The molecule has 7 heteroatoms. The number of hydrogen-bond donors (Lipinski definition) is 0. The largest absolute Gasteiger partial charge is 0.493 e. The molecule has 0 saturated carbocycles. The van der Waals surface area contributed by atoms with E-state index in [1.54, 1.807) is 20.3 Å². The lowest BCUT2D eigenvalue weighted by atomic mass is 9.75. The fourth-order valence-corrected chi connectivity index (χ4v) is 4.53. The van der Waals surface area contributed by atoms with Crippen LogP contribution in [0.3, 0.4) is 0 Å². The highest BCUT2D eigenvalue weighted by molar-refractivity contribution is 5.95. The first-order valence-corrected chi connectivity index (χ1v) is 10.5. The molecule has 0 spiro atoms. The molecule has 0 aromatic heterocycles. The summed E-state index contributed by atoms with van der Waals surface area (Å²) in [6, 6.07) is 7.75. The molecule has 0 fully saturated rings. The molecule has 0 bridgehead atoms. The van der Waals surface area contributed by atoms with E-state index in [2.05, 4.69) is 6.58 Å². The van der Waals surface area contributed by atoms with Gasteiger partial charge in [0.1, 0.15) is 6.61 Å². The van der Waals surface area contributed by atoms with Crippen LogP contribution in [0.5, 0.6) is 28.7 Å². The Morgan fingerprint density at radius 2 is 1.78 bits per heavy atom. The maximum atomic E-state index is 12.8. The predicted molar refractivity (Wildman–Crippen MR) is 116 cm³/mol. The van der Waals surface area contributed by atoms with Crippen LogP contribution in [0.4, 0.5) is 0 Å². The summed E-state index contributed by atoms with van der Waals surface area (Å²) in [5, 5.41) is 0. The minimum absolute atomic E-state index is 0.191. The van der Waals surface area contributed by atoms with Gasteiger partial charge >= 0.3 is 5.97 Å². The van der Waals surface area contributed by atoms with Crippen LogP contribution in [0, 0.1) is 0 Å². The van der Waals surface area contributed by atoms with Crippen molar-refractivity contribution in [2.24, 2.45) is 0 Å². The van der Waals surface area contributed by atoms with Crippen LogP contribution < -0.4 is 23.7 Å². The lowest BCUT2D eigenvalue weighted by molar-refractivity contribution is -0.136. The van der Waals surface area contributed by atoms with Gasteiger partial charge in [0.25, 0.3) is 0 Å². The van der Waals surface area contributed by atoms with Crippen LogP contribution in [-0.4, -0.2) is 40.2 Å². The van der Waals surface area contributed by atoms with E-state index in [0.29, 0.717) is 54.6 Å².